The molecule has 0 bridgehead atoms. The van der Waals surface area contributed by atoms with Gasteiger partial charge < -0.3 is 24.1 Å². The van der Waals surface area contributed by atoms with Crippen LogP contribution in [0.2, 0.25) is 0 Å². The molecule has 2 rings (SSSR count). The third kappa shape index (κ3) is 5.31. The smallest absolute Gasteiger partial charge is 0.322 e. The fraction of sp³-hybridized carbons (Fsp3) is 0.389. The Kier molecular flexibility index (Phi) is 6.69. The van der Waals surface area contributed by atoms with Crippen LogP contribution < -0.4 is 10.1 Å². The second-order valence-electron chi connectivity index (χ2n) is 5.31. The second-order valence-corrected chi connectivity index (χ2v) is 5.31. The summed E-state index contributed by atoms with van der Waals surface area (Å²) in [6.45, 7) is 5.73. The van der Waals surface area contributed by atoms with E-state index in [4.69, 9.17) is 13.9 Å². The first-order valence-corrected chi connectivity index (χ1v) is 7.95. The molecule has 2 aromatic rings. The summed E-state index contributed by atoms with van der Waals surface area (Å²) in [6, 6.07) is 10.8. The van der Waals surface area contributed by atoms with Gasteiger partial charge in [0.05, 0.1) is 19.8 Å². The quantitative estimate of drug-likeness (QED) is 0.801. The van der Waals surface area contributed by atoms with E-state index in [1.54, 1.807) is 12.0 Å². The third-order valence-electron chi connectivity index (χ3n) is 3.41. The van der Waals surface area contributed by atoms with Crippen LogP contribution in [0, 0.1) is 6.92 Å². The van der Waals surface area contributed by atoms with E-state index in [2.05, 4.69) is 5.32 Å². The summed E-state index contributed by atoms with van der Waals surface area (Å²) in [5.41, 5.74) is 0.710. The van der Waals surface area contributed by atoms with Crippen LogP contribution in [0.4, 0.5) is 10.5 Å². The number of furan rings is 1. The summed E-state index contributed by atoms with van der Waals surface area (Å²) in [5.74, 6) is 2.34. The van der Waals surface area contributed by atoms with Gasteiger partial charge in [-0.25, -0.2) is 4.79 Å². The largest absolute Gasteiger partial charge is 0.494 e. The van der Waals surface area contributed by atoms with E-state index in [-0.39, 0.29) is 6.03 Å². The van der Waals surface area contributed by atoms with Crippen LogP contribution in [0.25, 0.3) is 0 Å². The molecule has 1 aromatic carbocycles. The van der Waals surface area contributed by atoms with Crippen LogP contribution in [0.1, 0.15) is 18.4 Å². The minimum atomic E-state index is -0.203. The molecule has 0 fully saturated rings. The van der Waals surface area contributed by atoms with Gasteiger partial charge >= 0.3 is 6.03 Å². The SMILES string of the molecule is CCOc1ccc(NC(=O)N(CCOC)Cc2ccc(C)o2)cc1. The molecule has 2 amide bonds. The Morgan fingerprint density at radius 2 is 1.96 bits per heavy atom. The number of nitrogens with one attached hydrogen (secondary N) is 1. The highest BCUT2D eigenvalue weighted by Gasteiger charge is 2.15. The number of aryl methyl sites for hydroxylation is 1. The minimum absolute atomic E-state index is 0.203. The number of hydrogen-bond acceptors (Lipinski definition) is 4. The van der Waals surface area contributed by atoms with Crippen LogP contribution in [0.15, 0.2) is 40.8 Å². The lowest BCUT2D eigenvalue weighted by Crippen LogP contribution is -2.36. The number of benzene rings is 1. The zero-order valence-corrected chi connectivity index (χ0v) is 14.4. The van der Waals surface area contributed by atoms with E-state index in [1.807, 2.05) is 50.2 Å². The van der Waals surface area contributed by atoms with E-state index in [0.717, 1.165) is 17.3 Å². The molecule has 1 heterocycles. The molecule has 0 aliphatic carbocycles. The first kappa shape index (κ1) is 17.9. The molecule has 1 aromatic heterocycles. The number of nitrogens with zero attached hydrogens (tertiary/aromatic N) is 1. The molecule has 0 atom stereocenters. The molecular formula is C18H24N2O4. The van der Waals surface area contributed by atoms with Crippen molar-refractivity contribution in [2.75, 3.05) is 32.2 Å². The van der Waals surface area contributed by atoms with Gasteiger partial charge in [0.15, 0.2) is 0 Å². The van der Waals surface area contributed by atoms with Crippen molar-refractivity contribution in [1.29, 1.82) is 0 Å². The molecule has 6 heteroatoms. The summed E-state index contributed by atoms with van der Waals surface area (Å²) in [7, 11) is 1.61. The van der Waals surface area contributed by atoms with Crippen LogP contribution in [0.5, 0.6) is 5.75 Å². The summed E-state index contributed by atoms with van der Waals surface area (Å²) in [6.07, 6.45) is 0. The Morgan fingerprint density at radius 3 is 2.54 bits per heavy atom. The number of hydrogen-bond donors (Lipinski definition) is 1. The molecule has 0 radical (unpaired) electrons. The van der Waals surface area contributed by atoms with Gasteiger partial charge in [-0.2, -0.15) is 0 Å². The van der Waals surface area contributed by atoms with Crippen molar-refractivity contribution < 1.29 is 18.7 Å². The maximum Gasteiger partial charge on any atom is 0.322 e. The number of methoxy groups -OCH3 is 1. The Labute approximate surface area is 142 Å². The number of amides is 2. The van der Waals surface area contributed by atoms with Crippen LogP contribution in [-0.2, 0) is 11.3 Å². The van der Waals surface area contributed by atoms with E-state index in [0.29, 0.717) is 32.0 Å². The first-order chi connectivity index (χ1) is 11.6. The molecule has 6 nitrogen and oxygen atoms in total. The minimum Gasteiger partial charge on any atom is -0.494 e. The number of urea groups is 1. The van der Waals surface area contributed by atoms with Gasteiger partial charge in [-0.15, -0.1) is 0 Å². The number of ether oxygens (including phenoxy) is 2. The fourth-order valence-corrected chi connectivity index (χ4v) is 2.22. The van der Waals surface area contributed by atoms with Crippen LogP contribution in [-0.4, -0.2) is 37.8 Å². The second kappa shape index (κ2) is 8.98. The highest BCUT2D eigenvalue weighted by atomic mass is 16.5. The van der Waals surface area contributed by atoms with Gasteiger partial charge in [0.2, 0.25) is 0 Å². The molecule has 24 heavy (non-hydrogen) atoms. The highest BCUT2D eigenvalue weighted by molar-refractivity contribution is 5.89. The number of anilines is 1. The van der Waals surface area contributed by atoms with Crippen molar-refractivity contribution in [1.82, 2.24) is 4.90 Å². The van der Waals surface area contributed by atoms with Gasteiger partial charge in [0.1, 0.15) is 17.3 Å². The Balaban J connectivity index is 2.00. The fourth-order valence-electron chi connectivity index (χ4n) is 2.22. The average Bonchev–Trinajstić information content (AvgIpc) is 2.98. The average molecular weight is 332 g/mol. The van der Waals surface area contributed by atoms with Gasteiger partial charge in [0, 0.05) is 19.3 Å². The Morgan fingerprint density at radius 1 is 1.21 bits per heavy atom. The predicted octanol–water partition coefficient (Wildman–Crippen LogP) is 3.67. The number of carbonyl (C=O) groups excluding carboxylic acids is 1. The van der Waals surface area contributed by atoms with Crippen molar-refractivity contribution in [2.45, 2.75) is 20.4 Å². The van der Waals surface area contributed by atoms with Crippen LogP contribution >= 0.6 is 0 Å². The maximum atomic E-state index is 12.5. The lowest BCUT2D eigenvalue weighted by molar-refractivity contribution is 0.149. The van der Waals surface area contributed by atoms with Gasteiger partial charge in [-0.3, -0.25) is 0 Å². The molecule has 0 spiro atoms. The van der Waals surface area contributed by atoms with E-state index < -0.39 is 0 Å². The summed E-state index contributed by atoms with van der Waals surface area (Å²) in [4.78, 5) is 14.2. The summed E-state index contributed by atoms with van der Waals surface area (Å²) in [5, 5.41) is 2.88. The normalized spacial score (nSPS) is 10.5. The van der Waals surface area contributed by atoms with E-state index >= 15 is 0 Å². The van der Waals surface area contributed by atoms with Crippen molar-refractivity contribution in [3.63, 3.8) is 0 Å². The highest BCUT2D eigenvalue weighted by Crippen LogP contribution is 2.17. The van der Waals surface area contributed by atoms with Crippen molar-refractivity contribution in [3.8, 4) is 5.75 Å². The van der Waals surface area contributed by atoms with Crippen molar-refractivity contribution >= 4 is 11.7 Å². The zero-order valence-electron chi connectivity index (χ0n) is 14.4. The lowest BCUT2D eigenvalue weighted by Gasteiger charge is -2.22. The summed E-state index contributed by atoms with van der Waals surface area (Å²) < 4.78 is 16.0. The predicted molar refractivity (Wildman–Crippen MR) is 92.4 cm³/mol. The maximum absolute atomic E-state index is 12.5. The van der Waals surface area contributed by atoms with Gasteiger partial charge in [-0.1, -0.05) is 0 Å². The molecule has 0 unspecified atom stereocenters. The monoisotopic (exact) mass is 332 g/mol. The molecule has 0 saturated heterocycles. The molecular weight excluding hydrogens is 308 g/mol. The van der Waals surface area contributed by atoms with E-state index in [1.165, 1.54) is 0 Å². The molecule has 0 saturated carbocycles. The molecule has 1 N–H and O–H groups in total. The number of carbonyl (C=O) groups is 1. The Bertz CT molecular complexity index is 637. The molecule has 0 aliphatic heterocycles. The topological polar surface area (TPSA) is 63.9 Å². The zero-order chi connectivity index (χ0) is 17.4. The van der Waals surface area contributed by atoms with E-state index in [9.17, 15) is 4.79 Å². The lowest BCUT2D eigenvalue weighted by atomic mass is 10.3. The Hall–Kier alpha value is -2.47. The molecule has 130 valence electrons. The van der Waals surface area contributed by atoms with Gasteiger partial charge in [-0.05, 0) is 50.2 Å². The standard InChI is InChI=1S/C18H24N2O4/c1-4-23-16-9-6-15(7-10-16)19-18(21)20(11-12-22-3)13-17-8-5-14(2)24-17/h5-10H,4,11-13H2,1-3H3,(H,19,21). The summed E-state index contributed by atoms with van der Waals surface area (Å²) >= 11 is 0. The van der Waals surface area contributed by atoms with Crippen LogP contribution in [0.3, 0.4) is 0 Å². The number of rotatable bonds is 8. The van der Waals surface area contributed by atoms with Gasteiger partial charge in [0.25, 0.3) is 0 Å². The van der Waals surface area contributed by atoms with Crippen molar-refractivity contribution in [2.24, 2.45) is 0 Å². The molecule has 0 aliphatic rings. The first-order valence-electron chi connectivity index (χ1n) is 7.95. The third-order valence-corrected chi connectivity index (χ3v) is 3.41. The van der Waals surface area contributed by atoms with Crippen molar-refractivity contribution in [3.05, 3.63) is 47.9 Å².